The lowest BCUT2D eigenvalue weighted by Gasteiger charge is -2.25. The summed E-state index contributed by atoms with van der Waals surface area (Å²) in [5, 5.41) is 13.5. The van der Waals surface area contributed by atoms with Crippen molar-refractivity contribution in [2.75, 3.05) is 23.4 Å². The van der Waals surface area contributed by atoms with Gasteiger partial charge in [0.05, 0.1) is 6.54 Å². The molecule has 1 amide bonds. The first-order valence-corrected chi connectivity index (χ1v) is 14.1. The number of ketones is 1. The van der Waals surface area contributed by atoms with Crippen LogP contribution in [0.1, 0.15) is 35.3 Å². The number of amides is 1. The van der Waals surface area contributed by atoms with Crippen molar-refractivity contribution in [3.05, 3.63) is 125 Å². The molecule has 0 bridgehead atoms. The van der Waals surface area contributed by atoms with Crippen LogP contribution in [0.25, 0.3) is 0 Å². The number of rotatable bonds is 13. The van der Waals surface area contributed by atoms with Gasteiger partial charge in [-0.05, 0) is 48.0 Å². The molecule has 0 radical (unpaired) electrons. The van der Waals surface area contributed by atoms with Crippen LogP contribution in [0.3, 0.4) is 0 Å². The Morgan fingerprint density at radius 3 is 2.24 bits per heavy atom. The molecule has 0 aromatic heterocycles. The standard InChI is InChI=1S/C34H33ClN2O5/c1-23(2)33(39)37(27-12-8-11-26(35)22-27)19-20-42-28-17-15-24(16-18-28)21-31(34(40)41)36-30-14-7-6-13-29(30)32(38)25-9-4-3-5-10-25/h3-18,22-23,31,36H,19-21H2,1-2H3,(H,40,41)/t31-/m0/s1. The van der Waals surface area contributed by atoms with Crippen LogP contribution in [0.4, 0.5) is 11.4 Å². The lowest BCUT2D eigenvalue weighted by molar-refractivity contribution is -0.137. The second kappa shape index (κ2) is 14.3. The molecule has 0 aliphatic carbocycles. The Labute approximate surface area is 250 Å². The van der Waals surface area contributed by atoms with E-state index < -0.39 is 12.0 Å². The maximum Gasteiger partial charge on any atom is 0.326 e. The van der Waals surface area contributed by atoms with E-state index >= 15 is 0 Å². The molecule has 0 fully saturated rings. The van der Waals surface area contributed by atoms with Gasteiger partial charge in [-0.25, -0.2) is 4.79 Å². The predicted octanol–water partition coefficient (Wildman–Crippen LogP) is 6.75. The first kappa shape index (κ1) is 30.3. The molecule has 4 rings (SSSR count). The Kier molecular flexibility index (Phi) is 10.3. The van der Waals surface area contributed by atoms with E-state index in [2.05, 4.69) is 5.32 Å². The van der Waals surface area contributed by atoms with Gasteiger partial charge in [-0.1, -0.05) is 86.1 Å². The Morgan fingerprint density at radius 2 is 1.57 bits per heavy atom. The monoisotopic (exact) mass is 584 g/mol. The number of benzene rings is 4. The molecule has 0 unspecified atom stereocenters. The first-order valence-electron chi connectivity index (χ1n) is 13.7. The third kappa shape index (κ3) is 7.98. The van der Waals surface area contributed by atoms with Gasteiger partial charge in [0.25, 0.3) is 0 Å². The molecule has 4 aromatic carbocycles. The fraction of sp³-hybridized carbons (Fsp3) is 0.206. The average molecular weight is 585 g/mol. The quantitative estimate of drug-likeness (QED) is 0.169. The SMILES string of the molecule is CC(C)C(=O)N(CCOc1ccc(C[C@H](Nc2ccccc2C(=O)c2ccccc2)C(=O)O)cc1)c1cccc(Cl)c1. The topological polar surface area (TPSA) is 95.9 Å². The lowest BCUT2D eigenvalue weighted by Crippen LogP contribution is -2.37. The number of nitrogens with zero attached hydrogens (tertiary/aromatic N) is 1. The van der Waals surface area contributed by atoms with Gasteiger partial charge in [-0.2, -0.15) is 0 Å². The normalized spacial score (nSPS) is 11.5. The van der Waals surface area contributed by atoms with Crippen molar-refractivity contribution in [1.82, 2.24) is 0 Å². The van der Waals surface area contributed by atoms with E-state index in [1.807, 2.05) is 38.1 Å². The molecule has 0 spiro atoms. The van der Waals surface area contributed by atoms with Crippen LogP contribution in [0.2, 0.25) is 5.02 Å². The number of carbonyl (C=O) groups is 3. The van der Waals surface area contributed by atoms with E-state index in [9.17, 15) is 19.5 Å². The molecule has 0 saturated carbocycles. The third-order valence-corrected chi connectivity index (χ3v) is 6.90. The van der Waals surface area contributed by atoms with Gasteiger partial charge in [0, 0.05) is 39.9 Å². The van der Waals surface area contributed by atoms with Crippen LogP contribution in [-0.2, 0) is 16.0 Å². The van der Waals surface area contributed by atoms with Crippen LogP contribution >= 0.6 is 11.6 Å². The highest BCUT2D eigenvalue weighted by atomic mass is 35.5. The summed E-state index contributed by atoms with van der Waals surface area (Å²) < 4.78 is 5.91. The fourth-order valence-electron chi connectivity index (χ4n) is 4.47. The number of anilines is 2. The van der Waals surface area contributed by atoms with Gasteiger partial charge in [0.2, 0.25) is 5.91 Å². The van der Waals surface area contributed by atoms with Crippen molar-refractivity contribution in [3.63, 3.8) is 0 Å². The number of hydrogen-bond donors (Lipinski definition) is 2. The van der Waals surface area contributed by atoms with Gasteiger partial charge in [0.1, 0.15) is 18.4 Å². The van der Waals surface area contributed by atoms with Gasteiger partial charge < -0.3 is 20.1 Å². The average Bonchev–Trinajstić information content (AvgIpc) is 2.99. The highest BCUT2D eigenvalue weighted by molar-refractivity contribution is 6.30. The van der Waals surface area contributed by atoms with Gasteiger partial charge in [-0.15, -0.1) is 0 Å². The number of carboxylic acid groups (broad SMARTS) is 1. The van der Waals surface area contributed by atoms with Crippen molar-refractivity contribution in [2.24, 2.45) is 5.92 Å². The fourth-order valence-corrected chi connectivity index (χ4v) is 4.66. The second-order valence-electron chi connectivity index (χ2n) is 10.1. The number of ether oxygens (including phenoxy) is 1. The van der Waals surface area contributed by atoms with Gasteiger partial charge >= 0.3 is 5.97 Å². The van der Waals surface area contributed by atoms with Crippen molar-refractivity contribution in [2.45, 2.75) is 26.3 Å². The summed E-state index contributed by atoms with van der Waals surface area (Å²) in [6.07, 6.45) is 0.189. The summed E-state index contributed by atoms with van der Waals surface area (Å²) in [5.74, 6) is -0.847. The molecule has 4 aromatic rings. The molecule has 216 valence electrons. The van der Waals surface area contributed by atoms with Crippen LogP contribution < -0.4 is 15.0 Å². The smallest absolute Gasteiger partial charge is 0.326 e. The minimum Gasteiger partial charge on any atom is -0.492 e. The van der Waals surface area contributed by atoms with Crippen LogP contribution in [0.15, 0.2) is 103 Å². The zero-order valence-corrected chi connectivity index (χ0v) is 24.3. The third-order valence-electron chi connectivity index (χ3n) is 6.66. The summed E-state index contributed by atoms with van der Waals surface area (Å²) >= 11 is 6.14. The minimum atomic E-state index is -1.03. The lowest BCUT2D eigenvalue weighted by atomic mass is 10.00. The summed E-state index contributed by atoms with van der Waals surface area (Å²) in [5.41, 5.74) is 2.88. The number of carbonyl (C=O) groups excluding carboxylic acids is 2. The van der Waals surface area contributed by atoms with E-state index in [4.69, 9.17) is 16.3 Å². The predicted molar refractivity (Wildman–Crippen MR) is 166 cm³/mol. The number of aliphatic carboxylic acids is 1. The molecule has 42 heavy (non-hydrogen) atoms. The van der Waals surface area contributed by atoms with Crippen LogP contribution in [-0.4, -0.2) is 42.0 Å². The van der Waals surface area contributed by atoms with Crippen molar-refractivity contribution in [1.29, 1.82) is 0 Å². The highest BCUT2D eigenvalue weighted by Crippen LogP contribution is 2.23. The summed E-state index contributed by atoms with van der Waals surface area (Å²) in [6.45, 7) is 4.29. The number of para-hydroxylation sites is 1. The molecule has 2 N–H and O–H groups in total. The Morgan fingerprint density at radius 1 is 0.881 bits per heavy atom. The largest absolute Gasteiger partial charge is 0.492 e. The van der Waals surface area contributed by atoms with Gasteiger partial charge in [-0.3, -0.25) is 9.59 Å². The summed E-state index contributed by atoms with van der Waals surface area (Å²) in [4.78, 5) is 39.7. The summed E-state index contributed by atoms with van der Waals surface area (Å²) in [7, 11) is 0. The Balaban J connectivity index is 1.39. The first-order chi connectivity index (χ1) is 20.2. The van der Waals surface area contributed by atoms with Gasteiger partial charge in [0.15, 0.2) is 5.78 Å². The molecule has 0 saturated heterocycles. The molecular formula is C34H33ClN2O5. The molecule has 0 aliphatic rings. The molecule has 0 heterocycles. The van der Waals surface area contributed by atoms with Crippen molar-refractivity contribution in [3.8, 4) is 5.75 Å². The van der Waals surface area contributed by atoms with E-state index in [1.54, 1.807) is 83.8 Å². The molecule has 0 aliphatic heterocycles. The molecule has 1 atom stereocenters. The number of halogens is 1. The van der Waals surface area contributed by atoms with E-state index in [0.717, 1.165) is 5.56 Å². The maximum atomic E-state index is 13.1. The van der Waals surface area contributed by atoms with E-state index in [-0.39, 0.29) is 30.6 Å². The van der Waals surface area contributed by atoms with E-state index in [0.29, 0.717) is 39.8 Å². The maximum absolute atomic E-state index is 13.1. The zero-order chi connectivity index (χ0) is 30.1. The molecule has 8 heteroatoms. The Bertz CT molecular complexity index is 1520. The summed E-state index contributed by atoms with van der Waals surface area (Å²) in [6, 6.07) is 29.1. The number of carboxylic acids is 1. The number of nitrogens with one attached hydrogen (secondary N) is 1. The van der Waals surface area contributed by atoms with Crippen LogP contribution in [0.5, 0.6) is 5.75 Å². The van der Waals surface area contributed by atoms with Crippen molar-refractivity contribution >= 4 is 40.6 Å². The Hall–Kier alpha value is -4.62. The van der Waals surface area contributed by atoms with Crippen LogP contribution in [0, 0.1) is 5.92 Å². The van der Waals surface area contributed by atoms with Crippen molar-refractivity contribution < 1.29 is 24.2 Å². The molecule has 7 nitrogen and oxygen atoms in total. The van der Waals surface area contributed by atoms with E-state index in [1.165, 1.54) is 0 Å². The minimum absolute atomic E-state index is 0.0320. The number of hydrogen-bond acceptors (Lipinski definition) is 5. The second-order valence-corrected chi connectivity index (χ2v) is 10.5. The molecular weight excluding hydrogens is 552 g/mol. The zero-order valence-electron chi connectivity index (χ0n) is 23.5. The highest BCUT2D eigenvalue weighted by Gasteiger charge is 2.22.